The van der Waals surface area contributed by atoms with Crippen LogP contribution in [-0.2, 0) is 4.74 Å². The second-order valence-electron chi connectivity index (χ2n) is 3.46. The third-order valence-corrected chi connectivity index (χ3v) is 4.18. The molecule has 0 aliphatic carbocycles. The first-order chi connectivity index (χ1) is 7.79. The minimum Gasteiger partial charge on any atom is -0.461 e. The molecule has 0 spiro atoms. The molecule has 16 heavy (non-hydrogen) atoms. The monoisotopic (exact) mass is 258 g/mol. The lowest BCUT2D eigenvalue weighted by Crippen LogP contribution is -2.18. The maximum Gasteiger partial charge on any atom is 0.357 e. The van der Waals surface area contributed by atoms with Gasteiger partial charge in [0.25, 0.3) is 0 Å². The van der Waals surface area contributed by atoms with Gasteiger partial charge in [0.05, 0.1) is 6.61 Å². The molecule has 0 radical (unpaired) electrons. The quantitative estimate of drug-likeness (QED) is 0.839. The summed E-state index contributed by atoms with van der Waals surface area (Å²) < 4.78 is 4.88. The second-order valence-corrected chi connectivity index (χ2v) is 5.47. The van der Waals surface area contributed by atoms with Crippen LogP contribution in [-0.4, -0.2) is 35.1 Å². The Morgan fingerprint density at radius 1 is 1.75 bits per heavy atom. The van der Waals surface area contributed by atoms with Crippen LogP contribution in [0.5, 0.6) is 0 Å². The van der Waals surface area contributed by atoms with E-state index < -0.39 is 0 Å². The number of anilines is 1. The molecule has 1 aliphatic heterocycles. The van der Waals surface area contributed by atoms with Gasteiger partial charge >= 0.3 is 5.97 Å². The van der Waals surface area contributed by atoms with Gasteiger partial charge in [-0.2, -0.15) is 11.8 Å². The molecule has 88 valence electrons. The third-order valence-electron chi connectivity index (χ3n) is 2.25. The molecule has 2 rings (SSSR count). The molecular weight excluding hydrogens is 244 g/mol. The van der Waals surface area contributed by atoms with Crippen LogP contribution in [0, 0.1) is 0 Å². The number of aromatic nitrogens is 1. The van der Waals surface area contributed by atoms with E-state index in [-0.39, 0.29) is 5.97 Å². The molecule has 1 fully saturated rings. The van der Waals surface area contributed by atoms with Crippen molar-refractivity contribution in [3.63, 3.8) is 0 Å². The van der Waals surface area contributed by atoms with Crippen molar-refractivity contribution in [3.8, 4) is 0 Å². The number of hydrogen-bond donors (Lipinski definition) is 1. The summed E-state index contributed by atoms with van der Waals surface area (Å²) >= 11 is 3.40. The number of nitrogens with zero attached hydrogens (tertiary/aromatic N) is 1. The number of nitrogens with one attached hydrogen (secondary N) is 1. The highest BCUT2D eigenvalue weighted by molar-refractivity contribution is 7.99. The average Bonchev–Trinajstić information content (AvgIpc) is 2.90. The van der Waals surface area contributed by atoms with Gasteiger partial charge in [-0.3, -0.25) is 0 Å². The van der Waals surface area contributed by atoms with E-state index in [0.29, 0.717) is 18.3 Å². The van der Waals surface area contributed by atoms with E-state index in [9.17, 15) is 4.79 Å². The molecule has 1 saturated heterocycles. The van der Waals surface area contributed by atoms with Crippen molar-refractivity contribution in [2.75, 3.05) is 23.4 Å². The summed E-state index contributed by atoms with van der Waals surface area (Å²) in [5.41, 5.74) is 0.403. The summed E-state index contributed by atoms with van der Waals surface area (Å²) in [5, 5.41) is 5.89. The molecule has 1 N–H and O–H groups in total. The second kappa shape index (κ2) is 5.54. The fourth-order valence-corrected chi connectivity index (χ4v) is 3.37. The molecule has 1 aromatic heterocycles. The van der Waals surface area contributed by atoms with Crippen LogP contribution in [0.4, 0.5) is 5.13 Å². The van der Waals surface area contributed by atoms with Crippen molar-refractivity contribution in [1.29, 1.82) is 0 Å². The van der Waals surface area contributed by atoms with Crippen LogP contribution in [0.15, 0.2) is 5.38 Å². The number of carbonyl (C=O) groups excluding carboxylic acids is 1. The predicted molar refractivity (Wildman–Crippen MR) is 67.4 cm³/mol. The molecule has 0 saturated carbocycles. The molecule has 4 nitrogen and oxygen atoms in total. The van der Waals surface area contributed by atoms with Crippen molar-refractivity contribution in [2.24, 2.45) is 0 Å². The van der Waals surface area contributed by atoms with E-state index in [4.69, 9.17) is 4.74 Å². The molecule has 1 atom stereocenters. The van der Waals surface area contributed by atoms with Gasteiger partial charge in [0.1, 0.15) is 0 Å². The van der Waals surface area contributed by atoms with Crippen molar-refractivity contribution in [3.05, 3.63) is 11.1 Å². The Balaban J connectivity index is 1.93. The van der Waals surface area contributed by atoms with Gasteiger partial charge in [0.2, 0.25) is 0 Å². The smallest absolute Gasteiger partial charge is 0.357 e. The van der Waals surface area contributed by atoms with Crippen molar-refractivity contribution < 1.29 is 9.53 Å². The summed E-state index contributed by atoms with van der Waals surface area (Å²) in [6.07, 6.45) is 1.17. The van der Waals surface area contributed by atoms with Crippen LogP contribution in [0.2, 0.25) is 0 Å². The van der Waals surface area contributed by atoms with Gasteiger partial charge in [-0.15, -0.1) is 11.3 Å². The van der Waals surface area contributed by atoms with Crippen LogP contribution in [0.1, 0.15) is 23.8 Å². The zero-order chi connectivity index (χ0) is 11.4. The fraction of sp³-hybridized carbons (Fsp3) is 0.600. The first kappa shape index (κ1) is 11.7. The largest absolute Gasteiger partial charge is 0.461 e. The van der Waals surface area contributed by atoms with E-state index in [1.54, 1.807) is 12.3 Å². The van der Waals surface area contributed by atoms with Crippen LogP contribution in [0.25, 0.3) is 0 Å². The minimum absolute atomic E-state index is 0.340. The molecule has 2 heterocycles. The van der Waals surface area contributed by atoms with E-state index in [1.165, 1.54) is 23.5 Å². The van der Waals surface area contributed by atoms with Crippen molar-refractivity contribution in [1.82, 2.24) is 4.98 Å². The predicted octanol–water partition coefficient (Wildman–Crippen LogP) is 2.24. The Hall–Kier alpha value is -0.750. The van der Waals surface area contributed by atoms with E-state index >= 15 is 0 Å². The van der Waals surface area contributed by atoms with E-state index in [0.717, 1.165) is 10.9 Å². The maximum atomic E-state index is 11.4. The van der Waals surface area contributed by atoms with Crippen LogP contribution in [0.3, 0.4) is 0 Å². The Morgan fingerprint density at radius 3 is 3.31 bits per heavy atom. The Bertz CT molecular complexity index is 361. The van der Waals surface area contributed by atoms with Gasteiger partial charge in [0.15, 0.2) is 10.8 Å². The molecule has 1 unspecified atom stereocenters. The zero-order valence-corrected chi connectivity index (χ0v) is 10.7. The maximum absolute atomic E-state index is 11.4. The molecule has 6 heteroatoms. The number of rotatable bonds is 4. The summed E-state index contributed by atoms with van der Waals surface area (Å²) in [6.45, 7) is 2.18. The number of carbonyl (C=O) groups is 1. The zero-order valence-electron chi connectivity index (χ0n) is 9.06. The lowest BCUT2D eigenvalue weighted by Gasteiger charge is -2.08. The average molecular weight is 258 g/mol. The van der Waals surface area contributed by atoms with E-state index in [1.807, 2.05) is 11.8 Å². The minimum atomic E-state index is -0.340. The molecular formula is C10H14N2O2S2. The highest BCUT2D eigenvalue weighted by Crippen LogP contribution is 2.23. The lowest BCUT2D eigenvalue weighted by molar-refractivity contribution is 0.0520. The first-order valence-electron chi connectivity index (χ1n) is 5.26. The normalized spacial score (nSPS) is 19.7. The molecule has 0 bridgehead atoms. The first-order valence-corrected chi connectivity index (χ1v) is 7.30. The third kappa shape index (κ3) is 2.89. The number of ether oxygens (including phenoxy) is 1. The van der Waals surface area contributed by atoms with Gasteiger partial charge in [-0.05, 0) is 19.1 Å². The Labute approximate surface area is 103 Å². The number of esters is 1. The summed E-state index contributed by atoms with van der Waals surface area (Å²) in [4.78, 5) is 15.6. The number of thioether (sulfide) groups is 1. The molecule has 1 aromatic rings. The lowest BCUT2D eigenvalue weighted by atomic mass is 10.3. The topological polar surface area (TPSA) is 51.2 Å². The number of thiazole rings is 1. The summed E-state index contributed by atoms with van der Waals surface area (Å²) in [7, 11) is 0. The standard InChI is InChI=1S/C10H14N2O2S2/c1-2-14-9(13)8-6-16-10(12-8)11-7-3-4-15-5-7/h6-7H,2-5H2,1H3,(H,11,12). The van der Waals surface area contributed by atoms with Gasteiger partial charge in [-0.25, -0.2) is 9.78 Å². The highest BCUT2D eigenvalue weighted by Gasteiger charge is 2.17. The fourth-order valence-electron chi connectivity index (χ4n) is 1.46. The van der Waals surface area contributed by atoms with Crippen LogP contribution >= 0.6 is 23.1 Å². The Kier molecular flexibility index (Phi) is 4.06. The van der Waals surface area contributed by atoms with Crippen molar-refractivity contribution in [2.45, 2.75) is 19.4 Å². The van der Waals surface area contributed by atoms with Gasteiger partial charge in [-0.1, -0.05) is 0 Å². The summed E-state index contributed by atoms with van der Waals surface area (Å²) in [6, 6.07) is 0.492. The van der Waals surface area contributed by atoms with Gasteiger partial charge in [0, 0.05) is 17.2 Å². The number of hydrogen-bond acceptors (Lipinski definition) is 6. The van der Waals surface area contributed by atoms with Gasteiger partial charge < -0.3 is 10.1 Å². The van der Waals surface area contributed by atoms with Crippen molar-refractivity contribution >= 4 is 34.2 Å². The Morgan fingerprint density at radius 2 is 2.62 bits per heavy atom. The molecule has 1 aliphatic rings. The van der Waals surface area contributed by atoms with Crippen LogP contribution < -0.4 is 5.32 Å². The van der Waals surface area contributed by atoms with E-state index in [2.05, 4.69) is 10.3 Å². The molecule has 0 amide bonds. The SMILES string of the molecule is CCOC(=O)c1csc(NC2CCSC2)n1. The summed E-state index contributed by atoms with van der Waals surface area (Å²) in [5.74, 6) is 1.98. The highest BCUT2D eigenvalue weighted by atomic mass is 32.2. The molecule has 0 aromatic carbocycles.